The number of ether oxygens (including phenoxy) is 1. The molecule has 0 fully saturated rings. The van der Waals surface area contributed by atoms with Gasteiger partial charge in [0, 0.05) is 17.5 Å². The van der Waals surface area contributed by atoms with Crippen molar-refractivity contribution in [3.8, 4) is 10.9 Å². The summed E-state index contributed by atoms with van der Waals surface area (Å²) < 4.78 is 70.1. The zero-order valence-corrected chi connectivity index (χ0v) is 15.6. The second-order valence-corrected chi connectivity index (χ2v) is 6.81. The minimum absolute atomic E-state index is 0.00460. The number of alkyl halides is 3. The van der Waals surface area contributed by atoms with Crippen molar-refractivity contribution in [2.45, 2.75) is 19.6 Å². The van der Waals surface area contributed by atoms with E-state index in [2.05, 4.69) is 10.3 Å². The first-order valence-electron chi connectivity index (χ1n) is 8.17. The molecule has 0 saturated carbocycles. The van der Waals surface area contributed by atoms with Crippen molar-refractivity contribution in [1.29, 1.82) is 0 Å². The van der Waals surface area contributed by atoms with Gasteiger partial charge in [-0.25, -0.2) is 8.78 Å². The van der Waals surface area contributed by atoms with E-state index >= 15 is 0 Å². The number of benzene rings is 2. The maximum atomic E-state index is 13.5. The number of nitrogens with zero attached hydrogens (tertiary/aromatic N) is 1. The molecule has 0 radical (unpaired) electrons. The van der Waals surface area contributed by atoms with Crippen molar-refractivity contribution in [2.75, 3.05) is 0 Å². The minimum atomic E-state index is -4.45. The van der Waals surface area contributed by atoms with Gasteiger partial charge in [-0.2, -0.15) is 18.2 Å². The van der Waals surface area contributed by atoms with Crippen molar-refractivity contribution in [1.82, 2.24) is 10.3 Å². The fraction of sp³-hybridized carbons (Fsp3) is 0.158. The average molecular weight is 428 g/mol. The summed E-state index contributed by atoms with van der Waals surface area (Å²) in [6.07, 6.45) is -4.45. The first kappa shape index (κ1) is 20.7. The molecule has 2 aromatic carbocycles. The number of carbonyl (C=O) groups excluding carboxylic acids is 1. The number of hydrogen-bond donors (Lipinski definition) is 1. The van der Waals surface area contributed by atoms with Crippen molar-refractivity contribution >= 4 is 17.2 Å². The minimum Gasteiger partial charge on any atom is -0.431 e. The molecule has 1 amide bonds. The van der Waals surface area contributed by atoms with Gasteiger partial charge in [0.25, 0.3) is 11.1 Å². The largest absolute Gasteiger partial charge is 0.431 e. The number of thiazole rings is 1. The third-order valence-corrected chi connectivity index (χ3v) is 4.61. The number of aromatic nitrogens is 1. The summed E-state index contributed by atoms with van der Waals surface area (Å²) in [5.41, 5.74) is -0.668. The molecule has 0 saturated heterocycles. The molecule has 0 atom stereocenters. The Morgan fingerprint density at radius 2 is 1.76 bits per heavy atom. The van der Waals surface area contributed by atoms with Crippen molar-refractivity contribution in [3.63, 3.8) is 0 Å². The molecule has 0 aliphatic rings. The molecule has 0 unspecified atom stereocenters. The second kappa shape index (κ2) is 8.16. The fourth-order valence-corrected chi connectivity index (χ4v) is 2.96. The highest BCUT2D eigenvalue weighted by Gasteiger charge is 2.30. The molecule has 10 heteroatoms. The third-order valence-electron chi connectivity index (χ3n) is 3.90. The summed E-state index contributed by atoms with van der Waals surface area (Å²) in [7, 11) is 0. The van der Waals surface area contributed by atoms with Gasteiger partial charge in [0.2, 0.25) is 0 Å². The van der Waals surface area contributed by atoms with Gasteiger partial charge in [-0.1, -0.05) is 11.3 Å². The van der Waals surface area contributed by atoms with Crippen LogP contribution in [0, 0.1) is 18.6 Å². The van der Waals surface area contributed by atoms with E-state index in [4.69, 9.17) is 4.74 Å². The summed E-state index contributed by atoms with van der Waals surface area (Å²) in [6.45, 7) is 1.19. The van der Waals surface area contributed by atoms with E-state index in [-0.39, 0.29) is 34.3 Å². The molecule has 29 heavy (non-hydrogen) atoms. The lowest BCUT2D eigenvalue weighted by molar-refractivity contribution is -0.137. The van der Waals surface area contributed by atoms with Crippen LogP contribution in [0.5, 0.6) is 10.9 Å². The molecule has 152 valence electrons. The van der Waals surface area contributed by atoms with Crippen LogP contribution >= 0.6 is 11.3 Å². The molecule has 1 N–H and O–H groups in total. The fourth-order valence-electron chi connectivity index (χ4n) is 2.29. The van der Waals surface area contributed by atoms with Gasteiger partial charge < -0.3 is 10.1 Å². The van der Waals surface area contributed by atoms with E-state index in [0.717, 1.165) is 47.7 Å². The predicted molar refractivity (Wildman–Crippen MR) is 95.9 cm³/mol. The zero-order valence-electron chi connectivity index (χ0n) is 14.8. The second-order valence-electron chi connectivity index (χ2n) is 5.99. The molecular formula is C19H13F5N2O2S. The normalized spacial score (nSPS) is 11.4. The molecule has 1 heterocycles. The van der Waals surface area contributed by atoms with Crippen LogP contribution < -0.4 is 10.1 Å². The SMILES string of the molecule is Cc1c(F)cc(CNC(=O)c2csc(Oc3ccc(C(F)(F)F)cc3)n2)cc1F. The topological polar surface area (TPSA) is 51.2 Å². The average Bonchev–Trinajstić information content (AvgIpc) is 3.12. The van der Waals surface area contributed by atoms with E-state index in [1.54, 1.807) is 0 Å². The summed E-state index contributed by atoms with van der Waals surface area (Å²) in [5.74, 6) is -1.89. The Bertz CT molecular complexity index is 1010. The lowest BCUT2D eigenvalue weighted by Gasteiger charge is -2.07. The van der Waals surface area contributed by atoms with Crippen LogP contribution in [0.3, 0.4) is 0 Å². The summed E-state index contributed by atoms with van der Waals surface area (Å²) in [6, 6.07) is 6.28. The van der Waals surface area contributed by atoms with Gasteiger partial charge in [0.1, 0.15) is 23.1 Å². The number of nitrogens with one attached hydrogen (secondary N) is 1. The number of carbonyl (C=O) groups is 1. The van der Waals surface area contributed by atoms with Crippen LogP contribution in [0.2, 0.25) is 0 Å². The van der Waals surface area contributed by atoms with E-state index in [1.165, 1.54) is 12.3 Å². The Kier molecular flexibility index (Phi) is 5.83. The Labute approximate surface area is 166 Å². The Hall–Kier alpha value is -3.01. The first-order valence-corrected chi connectivity index (χ1v) is 9.05. The molecule has 0 aliphatic carbocycles. The molecule has 1 aromatic heterocycles. The van der Waals surface area contributed by atoms with Gasteiger partial charge in [0.05, 0.1) is 5.56 Å². The first-order chi connectivity index (χ1) is 13.6. The molecule has 0 bridgehead atoms. The van der Waals surface area contributed by atoms with Gasteiger partial charge in [-0.05, 0) is 48.9 Å². The van der Waals surface area contributed by atoms with Gasteiger partial charge in [-0.3, -0.25) is 4.79 Å². The lowest BCUT2D eigenvalue weighted by atomic mass is 10.1. The number of rotatable bonds is 5. The number of hydrogen-bond acceptors (Lipinski definition) is 4. The smallest absolute Gasteiger partial charge is 0.416 e. The van der Waals surface area contributed by atoms with E-state index < -0.39 is 29.3 Å². The molecule has 3 rings (SSSR count). The Balaban J connectivity index is 1.61. The van der Waals surface area contributed by atoms with Crippen molar-refractivity contribution in [2.24, 2.45) is 0 Å². The predicted octanol–water partition coefficient (Wildman–Crippen LogP) is 5.47. The molecule has 4 nitrogen and oxygen atoms in total. The van der Waals surface area contributed by atoms with Crippen molar-refractivity contribution in [3.05, 3.63) is 75.8 Å². The molecule has 0 spiro atoms. The Morgan fingerprint density at radius 1 is 1.14 bits per heavy atom. The van der Waals surface area contributed by atoms with Crippen LogP contribution in [0.15, 0.2) is 41.8 Å². The molecular weight excluding hydrogens is 415 g/mol. The van der Waals surface area contributed by atoms with Crippen LogP contribution in [0.4, 0.5) is 22.0 Å². The van der Waals surface area contributed by atoms with E-state index in [1.807, 2.05) is 0 Å². The Morgan fingerprint density at radius 3 is 2.34 bits per heavy atom. The zero-order chi connectivity index (χ0) is 21.2. The van der Waals surface area contributed by atoms with Gasteiger partial charge in [-0.15, -0.1) is 0 Å². The highest BCUT2D eigenvalue weighted by molar-refractivity contribution is 7.11. The number of halogens is 5. The highest BCUT2D eigenvalue weighted by Crippen LogP contribution is 2.32. The quantitative estimate of drug-likeness (QED) is 0.549. The lowest BCUT2D eigenvalue weighted by Crippen LogP contribution is -2.23. The standard InChI is InChI=1S/C19H13F5N2O2S/c1-10-14(20)6-11(7-15(10)21)8-25-17(27)16-9-29-18(26-16)28-13-4-2-12(3-5-13)19(22,23)24/h2-7,9H,8H2,1H3,(H,25,27). The summed E-state index contributed by atoms with van der Waals surface area (Å²) in [4.78, 5) is 16.1. The van der Waals surface area contributed by atoms with Gasteiger partial charge >= 0.3 is 6.18 Å². The van der Waals surface area contributed by atoms with Crippen molar-refractivity contribution < 1.29 is 31.5 Å². The van der Waals surface area contributed by atoms with Gasteiger partial charge in [0.15, 0.2) is 0 Å². The van der Waals surface area contributed by atoms with E-state index in [0.29, 0.717) is 0 Å². The third kappa shape index (κ3) is 5.08. The van der Waals surface area contributed by atoms with E-state index in [9.17, 15) is 26.7 Å². The summed E-state index contributed by atoms with van der Waals surface area (Å²) >= 11 is 0.975. The molecule has 0 aliphatic heterocycles. The highest BCUT2D eigenvalue weighted by atomic mass is 32.1. The molecule has 3 aromatic rings. The van der Waals surface area contributed by atoms with Crippen LogP contribution in [-0.4, -0.2) is 10.9 Å². The monoisotopic (exact) mass is 428 g/mol. The van der Waals surface area contributed by atoms with Crippen LogP contribution in [-0.2, 0) is 12.7 Å². The number of amides is 1. The van der Waals surface area contributed by atoms with Crippen LogP contribution in [0.1, 0.15) is 27.2 Å². The maximum absolute atomic E-state index is 13.5. The summed E-state index contributed by atoms with van der Waals surface area (Å²) in [5, 5.41) is 3.93. The van der Waals surface area contributed by atoms with Crippen LogP contribution in [0.25, 0.3) is 0 Å². The maximum Gasteiger partial charge on any atom is 0.416 e.